The summed E-state index contributed by atoms with van der Waals surface area (Å²) in [4.78, 5) is 27.6. The van der Waals surface area contributed by atoms with Crippen LogP contribution < -0.4 is 25.5 Å². The molecular weight excluding hydrogens is 398 g/mol. The third-order valence-electron chi connectivity index (χ3n) is 4.85. The van der Waals surface area contributed by atoms with Crippen LogP contribution in [0.2, 0.25) is 0 Å². The Morgan fingerprint density at radius 3 is 2.74 bits per heavy atom. The molecule has 0 saturated carbocycles. The molecular formula is C23H17N3O5. The number of nitrogens with zero attached hydrogens (tertiary/aromatic N) is 2. The van der Waals surface area contributed by atoms with E-state index in [1.165, 1.54) is 6.21 Å². The Morgan fingerprint density at radius 1 is 1.00 bits per heavy atom. The monoisotopic (exact) mass is 415 g/mol. The van der Waals surface area contributed by atoms with Gasteiger partial charge in [-0.2, -0.15) is 5.10 Å². The second-order valence-electron chi connectivity index (χ2n) is 6.85. The molecule has 0 unspecified atom stereocenters. The van der Waals surface area contributed by atoms with Crippen LogP contribution in [0.5, 0.6) is 17.2 Å². The van der Waals surface area contributed by atoms with Crippen LogP contribution in [-0.4, -0.2) is 22.7 Å². The molecule has 5 rings (SSSR count). The van der Waals surface area contributed by atoms with E-state index in [-0.39, 0.29) is 6.79 Å². The lowest BCUT2D eigenvalue weighted by molar-refractivity contribution is 0.174. The van der Waals surface area contributed by atoms with Gasteiger partial charge in [0.2, 0.25) is 6.79 Å². The number of hydrogen-bond donors (Lipinski definition) is 1. The Kier molecular flexibility index (Phi) is 4.72. The van der Waals surface area contributed by atoms with E-state index in [4.69, 9.17) is 14.2 Å². The highest BCUT2D eigenvalue weighted by Gasteiger charge is 2.13. The molecule has 0 aliphatic carbocycles. The van der Waals surface area contributed by atoms with Crippen LogP contribution in [0.3, 0.4) is 0 Å². The fraction of sp³-hybridized carbons (Fsp3) is 0.0870. The second kappa shape index (κ2) is 7.83. The van der Waals surface area contributed by atoms with E-state index in [0.29, 0.717) is 40.3 Å². The van der Waals surface area contributed by atoms with Crippen molar-refractivity contribution in [2.24, 2.45) is 5.10 Å². The Balaban J connectivity index is 1.41. The van der Waals surface area contributed by atoms with Crippen molar-refractivity contribution < 1.29 is 14.2 Å². The molecule has 1 aliphatic rings. The summed E-state index contributed by atoms with van der Waals surface area (Å²) < 4.78 is 17.5. The minimum atomic E-state index is -0.612. The predicted octanol–water partition coefficient (Wildman–Crippen LogP) is 2.88. The van der Waals surface area contributed by atoms with Gasteiger partial charge >= 0.3 is 5.69 Å². The van der Waals surface area contributed by atoms with Gasteiger partial charge in [-0.05, 0) is 42.0 Å². The average molecular weight is 415 g/mol. The van der Waals surface area contributed by atoms with Gasteiger partial charge in [0.15, 0.2) is 11.5 Å². The third-order valence-corrected chi connectivity index (χ3v) is 4.85. The van der Waals surface area contributed by atoms with E-state index in [1.54, 1.807) is 36.4 Å². The van der Waals surface area contributed by atoms with Gasteiger partial charge in [-0.3, -0.25) is 4.79 Å². The molecule has 0 fully saturated rings. The molecule has 0 radical (unpaired) electrons. The zero-order chi connectivity index (χ0) is 21.2. The van der Waals surface area contributed by atoms with Gasteiger partial charge in [0.1, 0.15) is 12.4 Å². The lowest BCUT2D eigenvalue weighted by Crippen LogP contribution is -2.32. The van der Waals surface area contributed by atoms with E-state index in [1.807, 2.05) is 30.3 Å². The lowest BCUT2D eigenvalue weighted by Gasteiger charge is -2.09. The molecule has 31 heavy (non-hydrogen) atoms. The molecule has 2 heterocycles. The molecule has 0 amide bonds. The summed E-state index contributed by atoms with van der Waals surface area (Å²) in [5.74, 6) is 1.96. The molecule has 0 bridgehead atoms. The first-order valence-corrected chi connectivity index (χ1v) is 9.58. The van der Waals surface area contributed by atoms with Gasteiger partial charge in [0.25, 0.3) is 5.56 Å². The average Bonchev–Trinajstić information content (AvgIpc) is 3.26. The van der Waals surface area contributed by atoms with Crippen molar-refractivity contribution in [3.8, 4) is 17.2 Å². The van der Waals surface area contributed by atoms with Gasteiger partial charge in [0.05, 0.1) is 17.1 Å². The van der Waals surface area contributed by atoms with E-state index in [2.05, 4.69) is 10.1 Å². The molecule has 0 spiro atoms. The van der Waals surface area contributed by atoms with Crippen LogP contribution in [0.4, 0.5) is 0 Å². The molecule has 3 aromatic carbocycles. The molecule has 154 valence electrons. The lowest BCUT2D eigenvalue weighted by atomic mass is 10.2. The van der Waals surface area contributed by atoms with Crippen molar-refractivity contribution in [2.75, 3.05) is 6.79 Å². The number of rotatable bonds is 5. The maximum Gasteiger partial charge on any atom is 0.349 e. The first-order valence-electron chi connectivity index (χ1n) is 9.58. The molecule has 8 heteroatoms. The third kappa shape index (κ3) is 3.66. The highest BCUT2D eigenvalue weighted by molar-refractivity contribution is 5.83. The summed E-state index contributed by atoms with van der Waals surface area (Å²) in [5.41, 5.74) is 0.908. The van der Waals surface area contributed by atoms with Crippen LogP contribution in [0.1, 0.15) is 11.1 Å². The summed E-state index contributed by atoms with van der Waals surface area (Å²) in [5, 5.41) is 4.49. The molecule has 0 atom stereocenters. The fourth-order valence-electron chi connectivity index (χ4n) is 3.29. The molecule has 1 aliphatic heterocycles. The van der Waals surface area contributed by atoms with E-state index >= 15 is 0 Å². The summed E-state index contributed by atoms with van der Waals surface area (Å²) in [6, 6.07) is 19.6. The van der Waals surface area contributed by atoms with Crippen LogP contribution in [0.15, 0.2) is 81.4 Å². The number of hydrogen-bond acceptors (Lipinski definition) is 6. The number of benzene rings is 3. The highest BCUT2D eigenvalue weighted by Crippen LogP contribution is 2.32. The van der Waals surface area contributed by atoms with Crippen molar-refractivity contribution in [1.29, 1.82) is 0 Å². The first kappa shape index (κ1) is 18.7. The van der Waals surface area contributed by atoms with Crippen LogP contribution >= 0.6 is 0 Å². The van der Waals surface area contributed by atoms with E-state index < -0.39 is 11.2 Å². The Hall–Kier alpha value is -4.33. The number of aromatic amines is 1. The molecule has 4 aromatic rings. The minimum Gasteiger partial charge on any atom is -0.488 e. The largest absolute Gasteiger partial charge is 0.488 e. The molecule has 0 saturated heterocycles. The van der Waals surface area contributed by atoms with Crippen molar-refractivity contribution >= 4 is 17.1 Å². The number of H-pyrrole nitrogens is 1. The normalized spacial score (nSPS) is 12.5. The Labute approximate surface area is 175 Å². The van der Waals surface area contributed by atoms with E-state index in [0.717, 1.165) is 10.2 Å². The van der Waals surface area contributed by atoms with Crippen LogP contribution in [0, 0.1) is 0 Å². The number of ether oxygens (including phenoxy) is 3. The van der Waals surface area contributed by atoms with Crippen LogP contribution in [0.25, 0.3) is 10.9 Å². The molecule has 1 aromatic heterocycles. The van der Waals surface area contributed by atoms with Gasteiger partial charge in [-0.15, -0.1) is 4.68 Å². The van der Waals surface area contributed by atoms with Gasteiger partial charge in [0, 0.05) is 5.56 Å². The number of fused-ring (bicyclic) bond motifs is 2. The number of aromatic nitrogens is 2. The SMILES string of the molecule is O=c1[nH]c2ccccc2c(=O)n1N=Cc1ccccc1OCc1ccc2c(c1)OCO2. The summed E-state index contributed by atoms with van der Waals surface area (Å²) in [7, 11) is 0. The highest BCUT2D eigenvalue weighted by atomic mass is 16.7. The Morgan fingerprint density at radius 2 is 1.81 bits per heavy atom. The summed E-state index contributed by atoms with van der Waals surface area (Å²) in [6.45, 7) is 0.518. The summed E-state index contributed by atoms with van der Waals surface area (Å²) in [6.07, 6.45) is 1.43. The Bertz CT molecular complexity index is 1420. The number of nitrogens with one attached hydrogen (secondary N) is 1. The topological polar surface area (TPSA) is 94.9 Å². The molecule has 8 nitrogen and oxygen atoms in total. The summed E-state index contributed by atoms with van der Waals surface area (Å²) >= 11 is 0. The van der Waals surface area contributed by atoms with Gasteiger partial charge in [-0.1, -0.05) is 30.3 Å². The van der Waals surface area contributed by atoms with Gasteiger partial charge < -0.3 is 19.2 Å². The maximum absolute atomic E-state index is 12.6. The quantitative estimate of drug-likeness (QED) is 0.506. The van der Waals surface area contributed by atoms with E-state index in [9.17, 15) is 9.59 Å². The zero-order valence-corrected chi connectivity index (χ0v) is 16.3. The molecule has 1 N–H and O–H groups in total. The van der Waals surface area contributed by atoms with Crippen molar-refractivity contribution in [1.82, 2.24) is 9.66 Å². The standard InChI is InChI=1S/C23H17N3O5/c27-22-17-6-2-3-7-18(17)25-23(28)26(22)24-12-16-5-1-4-8-19(16)29-13-15-9-10-20-21(11-15)31-14-30-20/h1-12H,13-14H2,(H,25,28). The maximum atomic E-state index is 12.6. The van der Waals surface area contributed by atoms with Gasteiger partial charge in [-0.25, -0.2) is 4.79 Å². The fourth-order valence-corrected chi connectivity index (χ4v) is 3.29. The first-order chi connectivity index (χ1) is 15.2. The minimum absolute atomic E-state index is 0.214. The number of para-hydroxylation sites is 2. The smallest absolute Gasteiger partial charge is 0.349 e. The zero-order valence-electron chi connectivity index (χ0n) is 16.3. The second-order valence-corrected chi connectivity index (χ2v) is 6.85. The van der Waals surface area contributed by atoms with Crippen LogP contribution in [-0.2, 0) is 6.61 Å². The predicted molar refractivity (Wildman–Crippen MR) is 115 cm³/mol. The van der Waals surface area contributed by atoms with Crippen molar-refractivity contribution in [3.05, 3.63) is 98.7 Å². The van der Waals surface area contributed by atoms with Crippen molar-refractivity contribution in [3.63, 3.8) is 0 Å². The van der Waals surface area contributed by atoms with Crippen molar-refractivity contribution in [2.45, 2.75) is 6.61 Å².